The van der Waals surface area contributed by atoms with Gasteiger partial charge in [-0.15, -0.1) is 0 Å². The molecule has 0 spiro atoms. The van der Waals surface area contributed by atoms with Gasteiger partial charge in [-0.2, -0.15) is 0 Å². The van der Waals surface area contributed by atoms with Gasteiger partial charge in [0.25, 0.3) is 5.91 Å². The van der Waals surface area contributed by atoms with Crippen LogP contribution in [0.25, 0.3) is 0 Å². The van der Waals surface area contributed by atoms with Crippen molar-refractivity contribution in [3.63, 3.8) is 0 Å². The fourth-order valence-corrected chi connectivity index (χ4v) is 1.73. The van der Waals surface area contributed by atoms with E-state index in [9.17, 15) is 9.18 Å². The van der Waals surface area contributed by atoms with Gasteiger partial charge in [0.2, 0.25) is 0 Å². The molecule has 0 bridgehead atoms. The largest absolute Gasteiger partial charge is 0.396 e. The van der Waals surface area contributed by atoms with Gasteiger partial charge in [0, 0.05) is 13.2 Å². The van der Waals surface area contributed by atoms with E-state index >= 15 is 0 Å². The highest BCUT2D eigenvalue weighted by Crippen LogP contribution is 2.19. The third-order valence-corrected chi connectivity index (χ3v) is 3.05. The van der Waals surface area contributed by atoms with Crippen molar-refractivity contribution in [3.8, 4) is 0 Å². The molecule has 5 heteroatoms. The average Bonchev–Trinajstić information content (AvgIpc) is 2.37. The number of hydrogen-bond donors (Lipinski definition) is 2. The SMILES string of the molecule is CC(CO)CCCNC(=O)c1cccc(F)c1Cl. The summed E-state index contributed by atoms with van der Waals surface area (Å²) >= 11 is 5.70. The fourth-order valence-electron chi connectivity index (χ4n) is 1.52. The molecular formula is C13H17ClFNO2. The van der Waals surface area contributed by atoms with Crippen molar-refractivity contribution < 1.29 is 14.3 Å². The number of carbonyl (C=O) groups excluding carboxylic acids is 1. The summed E-state index contributed by atoms with van der Waals surface area (Å²) < 4.78 is 13.1. The topological polar surface area (TPSA) is 49.3 Å². The minimum absolute atomic E-state index is 0.143. The van der Waals surface area contributed by atoms with E-state index in [1.807, 2.05) is 6.92 Å². The molecule has 1 rings (SSSR count). The van der Waals surface area contributed by atoms with E-state index < -0.39 is 5.82 Å². The van der Waals surface area contributed by atoms with E-state index in [4.69, 9.17) is 16.7 Å². The van der Waals surface area contributed by atoms with E-state index in [-0.39, 0.29) is 29.0 Å². The number of nitrogens with one attached hydrogen (secondary N) is 1. The predicted octanol–water partition coefficient (Wildman–Crippen LogP) is 2.62. The fraction of sp³-hybridized carbons (Fsp3) is 0.462. The summed E-state index contributed by atoms with van der Waals surface area (Å²) in [7, 11) is 0. The maximum absolute atomic E-state index is 13.1. The molecule has 0 saturated heterocycles. The van der Waals surface area contributed by atoms with E-state index in [2.05, 4.69) is 5.32 Å². The molecule has 0 heterocycles. The van der Waals surface area contributed by atoms with Crippen LogP contribution >= 0.6 is 11.6 Å². The summed E-state index contributed by atoms with van der Waals surface area (Å²) in [5, 5.41) is 11.4. The third kappa shape index (κ3) is 4.27. The smallest absolute Gasteiger partial charge is 0.252 e. The number of halogens is 2. The quantitative estimate of drug-likeness (QED) is 0.783. The number of aliphatic hydroxyl groups is 1. The lowest BCUT2D eigenvalue weighted by Crippen LogP contribution is -2.25. The van der Waals surface area contributed by atoms with Crippen LogP contribution < -0.4 is 5.32 Å². The molecule has 100 valence electrons. The van der Waals surface area contributed by atoms with Crippen molar-refractivity contribution in [2.24, 2.45) is 5.92 Å². The Morgan fingerprint density at radius 3 is 2.94 bits per heavy atom. The van der Waals surface area contributed by atoms with Gasteiger partial charge in [0.15, 0.2) is 0 Å². The van der Waals surface area contributed by atoms with Crippen molar-refractivity contribution in [3.05, 3.63) is 34.6 Å². The summed E-state index contributed by atoms with van der Waals surface area (Å²) in [5.41, 5.74) is 0.145. The molecule has 1 aromatic carbocycles. The molecule has 0 aliphatic heterocycles. The monoisotopic (exact) mass is 273 g/mol. The minimum atomic E-state index is -0.599. The third-order valence-electron chi connectivity index (χ3n) is 2.67. The first kappa shape index (κ1) is 14.9. The number of carbonyl (C=O) groups is 1. The summed E-state index contributed by atoms with van der Waals surface area (Å²) in [6, 6.07) is 4.14. The summed E-state index contributed by atoms with van der Waals surface area (Å²) in [4.78, 5) is 11.7. The highest BCUT2D eigenvalue weighted by molar-refractivity contribution is 6.34. The van der Waals surface area contributed by atoms with Gasteiger partial charge in [-0.25, -0.2) is 4.39 Å². The zero-order valence-corrected chi connectivity index (χ0v) is 11.0. The molecule has 0 aromatic heterocycles. The predicted molar refractivity (Wildman–Crippen MR) is 69.2 cm³/mol. The van der Waals surface area contributed by atoms with Crippen molar-refractivity contribution >= 4 is 17.5 Å². The minimum Gasteiger partial charge on any atom is -0.396 e. The maximum atomic E-state index is 13.1. The van der Waals surface area contributed by atoms with Gasteiger partial charge >= 0.3 is 0 Å². The van der Waals surface area contributed by atoms with Crippen LogP contribution in [0.1, 0.15) is 30.1 Å². The molecule has 18 heavy (non-hydrogen) atoms. The molecule has 0 fully saturated rings. The number of benzene rings is 1. The summed E-state index contributed by atoms with van der Waals surface area (Å²) in [6.45, 7) is 2.56. The van der Waals surface area contributed by atoms with Crippen LogP contribution in [0.2, 0.25) is 5.02 Å². The lowest BCUT2D eigenvalue weighted by molar-refractivity contribution is 0.0952. The summed E-state index contributed by atoms with van der Waals surface area (Å²) in [5.74, 6) is -0.756. The Morgan fingerprint density at radius 1 is 1.56 bits per heavy atom. The Labute approximate surface area is 111 Å². The molecule has 1 atom stereocenters. The summed E-state index contributed by atoms with van der Waals surface area (Å²) in [6.07, 6.45) is 1.59. The molecule has 0 aliphatic rings. The normalized spacial score (nSPS) is 12.2. The van der Waals surface area contributed by atoms with Crippen LogP contribution in [0.5, 0.6) is 0 Å². The number of rotatable bonds is 6. The van der Waals surface area contributed by atoms with E-state index in [0.717, 1.165) is 12.8 Å². The van der Waals surface area contributed by atoms with E-state index in [1.54, 1.807) is 0 Å². The standard InChI is InChI=1S/C13H17ClFNO2/c1-9(8-17)4-3-7-16-13(18)10-5-2-6-11(15)12(10)14/h2,5-6,9,17H,3-4,7-8H2,1H3,(H,16,18). The Balaban J connectivity index is 2.44. The van der Waals surface area contributed by atoms with E-state index in [1.165, 1.54) is 18.2 Å². The van der Waals surface area contributed by atoms with Crippen LogP contribution in [0.3, 0.4) is 0 Å². The molecule has 1 aromatic rings. The Hall–Kier alpha value is -1.13. The zero-order valence-electron chi connectivity index (χ0n) is 10.2. The van der Waals surface area contributed by atoms with Crippen molar-refractivity contribution in [1.82, 2.24) is 5.32 Å². The lowest BCUT2D eigenvalue weighted by Gasteiger charge is -2.09. The van der Waals surface area contributed by atoms with Crippen LogP contribution in [0.15, 0.2) is 18.2 Å². The second-order valence-electron chi connectivity index (χ2n) is 4.29. The van der Waals surface area contributed by atoms with Crippen LogP contribution in [-0.4, -0.2) is 24.2 Å². The van der Waals surface area contributed by atoms with Crippen LogP contribution in [0.4, 0.5) is 4.39 Å². The number of aliphatic hydroxyl groups excluding tert-OH is 1. The van der Waals surface area contributed by atoms with Gasteiger partial charge in [-0.3, -0.25) is 4.79 Å². The van der Waals surface area contributed by atoms with Crippen molar-refractivity contribution in [1.29, 1.82) is 0 Å². The molecule has 0 radical (unpaired) electrons. The van der Waals surface area contributed by atoms with Gasteiger partial charge in [0.1, 0.15) is 5.82 Å². The highest BCUT2D eigenvalue weighted by Gasteiger charge is 2.12. The Bertz CT molecular complexity index is 412. The Morgan fingerprint density at radius 2 is 2.28 bits per heavy atom. The maximum Gasteiger partial charge on any atom is 0.252 e. The second kappa shape index (κ2) is 7.34. The van der Waals surface area contributed by atoms with Crippen LogP contribution in [0, 0.1) is 11.7 Å². The second-order valence-corrected chi connectivity index (χ2v) is 4.67. The van der Waals surface area contributed by atoms with Crippen molar-refractivity contribution in [2.45, 2.75) is 19.8 Å². The van der Waals surface area contributed by atoms with Crippen LogP contribution in [-0.2, 0) is 0 Å². The molecule has 0 aliphatic carbocycles. The molecule has 2 N–H and O–H groups in total. The van der Waals surface area contributed by atoms with Gasteiger partial charge in [0.05, 0.1) is 10.6 Å². The molecule has 3 nitrogen and oxygen atoms in total. The van der Waals surface area contributed by atoms with Gasteiger partial charge in [-0.05, 0) is 30.9 Å². The number of amides is 1. The first-order valence-corrected chi connectivity index (χ1v) is 6.27. The number of hydrogen-bond acceptors (Lipinski definition) is 2. The lowest BCUT2D eigenvalue weighted by atomic mass is 10.1. The van der Waals surface area contributed by atoms with E-state index in [0.29, 0.717) is 6.54 Å². The average molecular weight is 274 g/mol. The molecule has 1 unspecified atom stereocenters. The Kier molecular flexibility index (Phi) is 6.09. The van der Waals surface area contributed by atoms with Gasteiger partial charge in [-0.1, -0.05) is 24.6 Å². The molecular weight excluding hydrogens is 257 g/mol. The highest BCUT2D eigenvalue weighted by atomic mass is 35.5. The van der Waals surface area contributed by atoms with Crippen molar-refractivity contribution in [2.75, 3.05) is 13.2 Å². The first-order chi connectivity index (χ1) is 8.56. The zero-order chi connectivity index (χ0) is 13.5. The molecule has 0 saturated carbocycles. The molecule has 1 amide bonds. The van der Waals surface area contributed by atoms with Gasteiger partial charge < -0.3 is 10.4 Å². The first-order valence-electron chi connectivity index (χ1n) is 5.89.